The molecule has 0 bridgehead atoms. The summed E-state index contributed by atoms with van der Waals surface area (Å²) in [5, 5.41) is 3.21. The predicted molar refractivity (Wildman–Crippen MR) is 83.3 cm³/mol. The quantitative estimate of drug-likeness (QED) is 0.915. The molecule has 2 aliphatic heterocycles. The van der Waals surface area contributed by atoms with Crippen molar-refractivity contribution in [3.05, 3.63) is 11.4 Å². The highest BCUT2D eigenvalue weighted by Gasteiger charge is 2.30. The summed E-state index contributed by atoms with van der Waals surface area (Å²) in [5.74, 6) is 1.41. The number of likely N-dealkylation sites (tertiary alicyclic amines) is 1. The first kappa shape index (κ1) is 12.3. The van der Waals surface area contributed by atoms with E-state index in [2.05, 4.69) is 31.2 Å². The molecule has 1 unspecified atom stereocenters. The fourth-order valence-electron chi connectivity index (χ4n) is 3.44. The zero-order valence-corrected chi connectivity index (χ0v) is 12.3. The molecule has 106 valence electrons. The Morgan fingerprint density at radius 3 is 2.90 bits per heavy atom. The summed E-state index contributed by atoms with van der Waals surface area (Å²) >= 11 is 1.63. The van der Waals surface area contributed by atoms with E-state index in [1.807, 2.05) is 0 Å². The van der Waals surface area contributed by atoms with Crippen molar-refractivity contribution in [1.82, 2.24) is 14.9 Å². The number of hydrogen-bond acceptors (Lipinski definition) is 6. The Kier molecular flexibility index (Phi) is 3.00. The van der Waals surface area contributed by atoms with E-state index >= 15 is 0 Å². The van der Waals surface area contributed by atoms with E-state index in [9.17, 15) is 0 Å². The maximum absolute atomic E-state index is 5.86. The van der Waals surface area contributed by atoms with Crippen molar-refractivity contribution in [2.24, 2.45) is 0 Å². The highest BCUT2D eigenvalue weighted by molar-refractivity contribution is 7.16. The van der Waals surface area contributed by atoms with Gasteiger partial charge in [0.05, 0.1) is 5.39 Å². The summed E-state index contributed by atoms with van der Waals surface area (Å²) in [4.78, 5) is 14.8. The SMILES string of the molecule is Nc1nc(N2CCC(N3CCCC3)C2)c2ccsc2n1. The molecule has 4 rings (SSSR count). The summed E-state index contributed by atoms with van der Waals surface area (Å²) in [6.07, 6.45) is 3.94. The minimum absolute atomic E-state index is 0.388. The molecule has 4 heterocycles. The summed E-state index contributed by atoms with van der Waals surface area (Å²) in [6.45, 7) is 4.67. The third kappa shape index (κ3) is 2.03. The predicted octanol–water partition coefficient (Wildman–Crippen LogP) is 1.95. The first-order chi connectivity index (χ1) is 9.81. The van der Waals surface area contributed by atoms with Crippen molar-refractivity contribution >= 4 is 33.3 Å². The van der Waals surface area contributed by atoms with Crippen LogP contribution in [0.25, 0.3) is 10.2 Å². The zero-order valence-electron chi connectivity index (χ0n) is 11.5. The topological polar surface area (TPSA) is 58.3 Å². The first-order valence-corrected chi connectivity index (χ1v) is 8.19. The highest BCUT2D eigenvalue weighted by Crippen LogP contribution is 2.31. The van der Waals surface area contributed by atoms with Crippen molar-refractivity contribution < 1.29 is 0 Å². The molecule has 2 fully saturated rings. The molecule has 0 radical (unpaired) electrons. The molecule has 6 heteroatoms. The lowest BCUT2D eigenvalue weighted by atomic mass is 10.2. The normalized spacial score (nSPS) is 24.0. The van der Waals surface area contributed by atoms with Gasteiger partial charge in [-0.2, -0.15) is 4.98 Å². The summed E-state index contributed by atoms with van der Waals surface area (Å²) in [6, 6.07) is 2.79. The van der Waals surface area contributed by atoms with Gasteiger partial charge >= 0.3 is 0 Å². The molecule has 0 amide bonds. The monoisotopic (exact) mass is 289 g/mol. The molecular weight excluding hydrogens is 270 g/mol. The van der Waals surface area contributed by atoms with Crippen LogP contribution in [0.4, 0.5) is 11.8 Å². The average Bonchev–Trinajstić information content (AvgIpc) is 3.18. The lowest BCUT2D eigenvalue weighted by Gasteiger charge is -2.24. The number of nitrogens with two attached hydrogens (primary N) is 1. The molecule has 0 aliphatic carbocycles. The van der Waals surface area contributed by atoms with Gasteiger partial charge in [0, 0.05) is 19.1 Å². The lowest BCUT2D eigenvalue weighted by molar-refractivity contribution is 0.260. The summed E-state index contributed by atoms with van der Waals surface area (Å²) in [7, 11) is 0. The highest BCUT2D eigenvalue weighted by atomic mass is 32.1. The molecule has 1 atom stereocenters. The number of aromatic nitrogens is 2. The Morgan fingerprint density at radius 1 is 1.20 bits per heavy atom. The molecule has 5 nitrogen and oxygen atoms in total. The fraction of sp³-hybridized carbons (Fsp3) is 0.571. The van der Waals surface area contributed by atoms with Crippen molar-refractivity contribution in [2.45, 2.75) is 25.3 Å². The van der Waals surface area contributed by atoms with Gasteiger partial charge in [-0.15, -0.1) is 11.3 Å². The minimum atomic E-state index is 0.388. The van der Waals surface area contributed by atoms with Crippen molar-refractivity contribution in [1.29, 1.82) is 0 Å². The third-order valence-corrected chi connectivity index (χ3v) is 5.25. The van der Waals surface area contributed by atoms with Crippen molar-refractivity contribution in [3.8, 4) is 0 Å². The van der Waals surface area contributed by atoms with Crippen LogP contribution in [0.1, 0.15) is 19.3 Å². The van der Waals surface area contributed by atoms with Crippen LogP contribution in [0.5, 0.6) is 0 Å². The molecule has 20 heavy (non-hydrogen) atoms. The number of thiophene rings is 1. The Bertz CT molecular complexity index is 619. The standard InChI is InChI=1S/C14H19N5S/c15-14-16-12(11-4-8-20-13(11)17-14)19-7-3-10(9-19)18-5-1-2-6-18/h4,8,10H,1-3,5-7,9H2,(H2,15,16,17). The number of hydrogen-bond donors (Lipinski definition) is 1. The van der Waals surface area contributed by atoms with Crippen molar-refractivity contribution in [2.75, 3.05) is 36.8 Å². The Labute approximate surface area is 122 Å². The second-order valence-corrected chi connectivity index (χ2v) is 6.57. The molecule has 2 saturated heterocycles. The van der Waals surface area contributed by atoms with E-state index in [-0.39, 0.29) is 0 Å². The number of rotatable bonds is 2. The Balaban J connectivity index is 1.62. The molecule has 0 aromatic carbocycles. The molecule has 2 aliphatic rings. The van der Waals surface area contributed by atoms with Crippen LogP contribution in [-0.4, -0.2) is 47.1 Å². The Hall–Kier alpha value is -1.40. The van der Waals surface area contributed by atoms with E-state index in [0.29, 0.717) is 12.0 Å². The van der Waals surface area contributed by atoms with Gasteiger partial charge in [-0.05, 0) is 43.8 Å². The molecule has 2 aromatic rings. The number of nitrogen functional groups attached to an aromatic ring is 1. The number of anilines is 2. The van der Waals surface area contributed by atoms with Gasteiger partial charge in [0.15, 0.2) is 0 Å². The summed E-state index contributed by atoms with van der Waals surface area (Å²) in [5.41, 5.74) is 5.86. The van der Waals surface area contributed by atoms with Gasteiger partial charge in [-0.1, -0.05) is 0 Å². The van der Waals surface area contributed by atoms with E-state index in [0.717, 1.165) is 29.1 Å². The van der Waals surface area contributed by atoms with Gasteiger partial charge < -0.3 is 10.6 Å². The van der Waals surface area contributed by atoms with Gasteiger partial charge in [-0.25, -0.2) is 4.98 Å². The third-order valence-electron chi connectivity index (χ3n) is 4.44. The van der Waals surface area contributed by atoms with Crippen LogP contribution in [0.3, 0.4) is 0 Å². The van der Waals surface area contributed by atoms with Crippen LogP contribution >= 0.6 is 11.3 Å². The van der Waals surface area contributed by atoms with Gasteiger partial charge in [0.25, 0.3) is 0 Å². The van der Waals surface area contributed by atoms with Crippen LogP contribution in [0, 0.1) is 0 Å². The van der Waals surface area contributed by atoms with Crippen LogP contribution in [0.15, 0.2) is 11.4 Å². The number of fused-ring (bicyclic) bond motifs is 1. The van der Waals surface area contributed by atoms with Crippen LogP contribution in [-0.2, 0) is 0 Å². The maximum Gasteiger partial charge on any atom is 0.223 e. The largest absolute Gasteiger partial charge is 0.368 e. The molecular formula is C14H19N5S. The second kappa shape index (κ2) is 4.86. The van der Waals surface area contributed by atoms with Crippen molar-refractivity contribution in [3.63, 3.8) is 0 Å². The van der Waals surface area contributed by atoms with E-state index in [1.54, 1.807) is 11.3 Å². The fourth-order valence-corrected chi connectivity index (χ4v) is 4.20. The molecule has 2 aromatic heterocycles. The smallest absolute Gasteiger partial charge is 0.223 e. The second-order valence-electron chi connectivity index (χ2n) is 5.68. The van der Waals surface area contributed by atoms with E-state index in [4.69, 9.17) is 5.73 Å². The number of nitrogens with zero attached hydrogens (tertiary/aromatic N) is 4. The average molecular weight is 289 g/mol. The van der Waals surface area contributed by atoms with Gasteiger partial charge in [-0.3, -0.25) is 4.90 Å². The van der Waals surface area contributed by atoms with Crippen LogP contribution < -0.4 is 10.6 Å². The molecule has 2 N–H and O–H groups in total. The van der Waals surface area contributed by atoms with Crippen LogP contribution in [0.2, 0.25) is 0 Å². The minimum Gasteiger partial charge on any atom is -0.368 e. The van der Waals surface area contributed by atoms with E-state index < -0.39 is 0 Å². The molecule has 0 saturated carbocycles. The lowest BCUT2D eigenvalue weighted by Crippen LogP contribution is -2.35. The van der Waals surface area contributed by atoms with E-state index in [1.165, 1.54) is 32.4 Å². The first-order valence-electron chi connectivity index (χ1n) is 7.31. The molecule has 0 spiro atoms. The Morgan fingerprint density at radius 2 is 2.05 bits per heavy atom. The van der Waals surface area contributed by atoms with Gasteiger partial charge in [0.1, 0.15) is 10.6 Å². The summed E-state index contributed by atoms with van der Waals surface area (Å²) < 4.78 is 0. The zero-order chi connectivity index (χ0) is 13.5. The maximum atomic E-state index is 5.86. The van der Waals surface area contributed by atoms with Gasteiger partial charge in [0.2, 0.25) is 5.95 Å².